The zero-order valence-corrected chi connectivity index (χ0v) is 26.9. The predicted molar refractivity (Wildman–Crippen MR) is 193 cm³/mol. The van der Waals surface area contributed by atoms with Gasteiger partial charge in [0.15, 0.2) is 0 Å². The predicted octanol–water partition coefficient (Wildman–Crippen LogP) is 10.5. The summed E-state index contributed by atoms with van der Waals surface area (Å²) in [5.74, 6) is 0. The quantitative estimate of drug-likeness (QED) is 0.171. The fourth-order valence-corrected chi connectivity index (χ4v) is 6.01. The van der Waals surface area contributed by atoms with Crippen LogP contribution >= 0.6 is 0 Å². The van der Waals surface area contributed by atoms with E-state index in [1.165, 1.54) is 22.3 Å². The molecule has 1 saturated heterocycles. The minimum absolute atomic E-state index is 0.395. The standard InChI is InChI=1S/C42H38BNO2/c1-41(2)42(3,4)46-43(45-41)36-23-27-38(28-24-36)44(37-25-20-33(21-26-37)31-14-8-5-9-15-31)40-29-22-35(32-16-10-6-11-17-32)30-39(40)34-18-12-7-13-19-34/h5-30H,1-4H3. The first-order valence-corrected chi connectivity index (χ1v) is 16.0. The minimum Gasteiger partial charge on any atom is -0.399 e. The molecule has 1 aliphatic rings. The van der Waals surface area contributed by atoms with Crippen LogP contribution in [0.1, 0.15) is 27.7 Å². The Morgan fingerprint density at radius 3 is 1.37 bits per heavy atom. The fourth-order valence-electron chi connectivity index (χ4n) is 6.01. The summed E-state index contributed by atoms with van der Waals surface area (Å²) in [6, 6.07) is 56.0. The molecular weight excluding hydrogens is 561 g/mol. The van der Waals surface area contributed by atoms with E-state index in [0.717, 1.165) is 33.7 Å². The van der Waals surface area contributed by atoms with E-state index in [4.69, 9.17) is 9.31 Å². The van der Waals surface area contributed by atoms with Gasteiger partial charge in [0, 0.05) is 16.9 Å². The Morgan fingerprint density at radius 2 is 0.848 bits per heavy atom. The van der Waals surface area contributed by atoms with Crippen molar-refractivity contribution in [2.24, 2.45) is 0 Å². The second-order valence-electron chi connectivity index (χ2n) is 12.9. The molecule has 0 amide bonds. The summed E-state index contributed by atoms with van der Waals surface area (Å²) >= 11 is 0. The molecular formula is C42H38BNO2. The largest absolute Gasteiger partial charge is 0.494 e. The Hall–Kier alpha value is -4.90. The van der Waals surface area contributed by atoms with Crippen molar-refractivity contribution < 1.29 is 9.31 Å². The third-order valence-electron chi connectivity index (χ3n) is 9.34. The number of hydrogen-bond acceptors (Lipinski definition) is 3. The summed E-state index contributed by atoms with van der Waals surface area (Å²) < 4.78 is 12.7. The van der Waals surface area contributed by atoms with Gasteiger partial charge in [0.2, 0.25) is 0 Å². The van der Waals surface area contributed by atoms with E-state index < -0.39 is 18.3 Å². The summed E-state index contributed by atoms with van der Waals surface area (Å²) in [5, 5.41) is 0. The highest BCUT2D eigenvalue weighted by atomic mass is 16.7. The number of benzene rings is 6. The van der Waals surface area contributed by atoms with Crippen molar-refractivity contribution in [1.29, 1.82) is 0 Å². The summed E-state index contributed by atoms with van der Waals surface area (Å²) in [6.07, 6.45) is 0. The van der Waals surface area contributed by atoms with Crippen molar-refractivity contribution in [3.05, 3.63) is 158 Å². The summed E-state index contributed by atoms with van der Waals surface area (Å²) in [7, 11) is -0.414. The molecule has 0 atom stereocenters. The Balaban J connectivity index is 1.35. The highest BCUT2D eigenvalue weighted by molar-refractivity contribution is 6.62. The van der Waals surface area contributed by atoms with E-state index in [1.54, 1.807) is 0 Å². The van der Waals surface area contributed by atoms with Crippen molar-refractivity contribution in [2.45, 2.75) is 38.9 Å². The van der Waals surface area contributed by atoms with Crippen LogP contribution in [0.3, 0.4) is 0 Å². The molecule has 6 aromatic carbocycles. The van der Waals surface area contributed by atoms with Gasteiger partial charge in [-0.2, -0.15) is 0 Å². The molecule has 0 N–H and O–H groups in total. The molecule has 1 heterocycles. The molecule has 0 spiro atoms. The normalized spacial score (nSPS) is 15.1. The minimum atomic E-state index is -0.414. The van der Waals surface area contributed by atoms with Crippen LogP contribution in [0.2, 0.25) is 0 Å². The highest BCUT2D eigenvalue weighted by Gasteiger charge is 2.51. The molecule has 3 nitrogen and oxygen atoms in total. The van der Waals surface area contributed by atoms with Crippen LogP contribution in [0.15, 0.2) is 158 Å². The lowest BCUT2D eigenvalue weighted by Crippen LogP contribution is -2.41. The van der Waals surface area contributed by atoms with Gasteiger partial charge in [-0.15, -0.1) is 0 Å². The van der Waals surface area contributed by atoms with E-state index in [0.29, 0.717) is 0 Å². The van der Waals surface area contributed by atoms with Gasteiger partial charge in [-0.25, -0.2) is 0 Å². The first-order chi connectivity index (χ1) is 22.3. The van der Waals surface area contributed by atoms with Crippen molar-refractivity contribution in [2.75, 3.05) is 4.90 Å². The maximum atomic E-state index is 6.37. The maximum absolute atomic E-state index is 6.37. The molecule has 6 aromatic rings. The van der Waals surface area contributed by atoms with Crippen LogP contribution in [0, 0.1) is 0 Å². The van der Waals surface area contributed by atoms with Crippen LogP contribution in [-0.4, -0.2) is 18.3 Å². The lowest BCUT2D eigenvalue weighted by Gasteiger charge is -2.32. The van der Waals surface area contributed by atoms with Crippen molar-refractivity contribution >= 4 is 29.6 Å². The van der Waals surface area contributed by atoms with Gasteiger partial charge in [-0.1, -0.05) is 121 Å². The third-order valence-corrected chi connectivity index (χ3v) is 9.34. The molecule has 0 aromatic heterocycles. The van der Waals surface area contributed by atoms with Gasteiger partial charge in [-0.3, -0.25) is 0 Å². The Morgan fingerprint density at radius 1 is 0.435 bits per heavy atom. The molecule has 0 saturated carbocycles. The Bertz CT molecular complexity index is 1900. The van der Waals surface area contributed by atoms with E-state index in [9.17, 15) is 0 Å². The van der Waals surface area contributed by atoms with E-state index in [1.807, 2.05) is 0 Å². The summed E-state index contributed by atoms with van der Waals surface area (Å²) in [4.78, 5) is 2.35. The number of nitrogens with zero attached hydrogens (tertiary/aromatic N) is 1. The van der Waals surface area contributed by atoms with Gasteiger partial charge in [0.25, 0.3) is 0 Å². The maximum Gasteiger partial charge on any atom is 0.494 e. The number of anilines is 3. The molecule has 0 unspecified atom stereocenters. The van der Waals surface area contributed by atoms with Crippen molar-refractivity contribution in [1.82, 2.24) is 0 Å². The highest BCUT2D eigenvalue weighted by Crippen LogP contribution is 2.43. The average molecular weight is 600 g/mol. The summed E-state index contributed by atoms with van der Waals surface area (Å²) in [5.41, 5.74) is 10.5. The molecule has 0 aliphatic carbocycles. The van der Waals surface area contributed by atoms with Crippen molar-refractivity contribution in [3.63, 3.8) is 0 Å². The average Bonchev–Trinajstić information content (AvgIpc) is 3.32. The van der Waals surface area contributed by atoms with Crippen LogP contribution in [0.4, 0.5) is 17.1 Å². The molecule has 0 bridgehead atoms. The lowest BCUT2D eigenvalue weighted by atomic mass is 9.79. The topological polar surface area (TPSA) is 21.7 Å². The monoisotopic (exact) mass is 599 g/mol. The molecule has 0 radical (unpaired) electrons. The van der Waals surface area contributed by atoms with Crippen molar-refractivity contribution in [3.8, 4) is 33.4 Å². The Kier molecular flexibility index (Phi) is 7.86. The zero-order chi connectivity index (χ0) is 31.7. The first-order valence-electron chi connectivity index (χ1n) is 16.0. The smallest absolute Gasteiger partial charge is 0.399 e. The second-order valence-corrected chi connectivity index (χ2v) is 12.9. The SMILES string of the molecule is CC1(C)OB(c2ccc(N(c3ccc(-c4ccccc4)cc3)c3ccc(-c4ccccc4)cc3-c3ccccc3)cc2)OC1(C)C. The van der Waals surface area contributed by atoms with Gasteiger partial charge < -0.3 is 14.2 Å². The fraction of sp³-hybridized carbons (Fsp3) is 0.143. The first kappa shape index (κ1) is 29.8. The van der Waals surface area contributed by atoms with Gasteiger partial charge in [0.1, 0.15) is 0 Å². The lowest BCUT2D eigenvalue weighted by molar-refractivity contribution is 0.00578. The van der Waals surface area contributed by atoms with E-state index >= 15 is 0 Å². The molecule has 1 aliphatic heterocycles. The van der Waals surface area contributed by atoms with Crippen LogP contribution in [0.5, 0.6) is 0 Å². The zero-order valence-electron chi connectivity index (χ0n) is 26.9. The summed E-state index contributed by atoms with van der Waals surface area (Å²) in [6.45, 7) is 8.36. The van der Waals surface area contributed by atoms with Crippen LogP contribution in [-0.2, 0) is 9.31 Å². The third kappa shape index (κ3) is 5.78. The van der Waals surface area contributed by atoms with E-state index in [2.05, 4.69) is 190 Å². The van der Waals surface area contributed by atoms with Gasteiger partial charge in [-0.05, 0) is 97.4 Å². The van der Waals surface area contributed by atoms with E-state index in [-0.39, 0.29) is 0 Å². The Labute approximate surface area is 273 Å². The number of hydrogen-bond donors (Lipinski definition) is 0. The molecule has 7 rings (SSSR count). The molecule has 46 heavy (non-hydrogen) atoms. The number of rotatable bonds is 7. The van der Waals surface area contributed by atoms with Crippen LogP contribution < -0.4 is 10.4 Å². The molecule has 4 heteroatoms. The molecule has 1 fully saturated rings. The molecule has 226 valence electrons. The van der Waals surface area contributed by atoms with Gasteiger partial charge >= 0.3 is 7.12 Å². The van der Waals surface area contributed by atoms with Gasteiger partial charge in [0.05, 0.1) is 16.9 Å². The second kappa shape index (κ2) is 12.1. The van der Waals surface area contributed by atoms with Crippen LogP contribution in [0.25, 0.3) is 33.4 Å².